The fourth-order valence-corrected chi connectivity index (χ4v) is 2.61. The van der Waals surface area contributed by atoms with Gasteiger partial charge in [0, 0.05) is 12.5 Å². The van der Waals surface area contributed by atoms with Gasteiger partial charge in [-0.25, -0.2) is 9.78 Å². The van der Waals surface area contributed by atoms with Crippen molar-refractivity contribution in [3.05, 3.63) is 53.3 Å². The number of carbonyl (C=O) groups is 1. The average molecular weight is 380 g/mol. The number of halogens is 3. The van der Waals surface area contributed by atoms with Crippen LogP contribution in [0.4, 0.5) is 13.2 Å². The van der Waals surface area contributed by atoms with Crippen molar-refractivity contribution < 1.29 is 32.2 Å². The van der Waals surface area contributed by atoms with Crippen molar-refractivity contribution >= 4 is 17.0 Å². The molecule has 1 aromatic heterocycles. The molecule has 27 heavy (non-hydrogen) atoms. The van der Waals surface area contributed by atoms with Crippen LogP contribution in [0.5, 0.6) is 11.5 Å². The molecule has 0 radical (unpaired) electrons. The van der Waals surface area contributed by atoms with Gasteiger partial charge in [0.15, 0.2) is 0 Å². The molecule has 0 atom stereocenters. The number of benzene rings is 2. The second-order valence-electron chi connectivity index (χ2n) is 5.61. The highest BCUT2D eigenvalue weighted by Crippen LogP contribution is 2.27. The van der Waals surface area contributed by atoms with Crippen LogP contribution in [-0.4, -0.2) is 36.5 Å². The van der Waals surface area contributed by atoms with Crippen molar-refractivity contribution in [1.82, 2.24) is 9.97 Å². The minimum absolute atomic E-state index is 0.261. The SMILES string of the molecule is COC(=O)c1cc2[nH]c(Cc3ccc(OC(F)(F)F)cc3)nc2cc1OC. The van der Waals surface area contributed by atoms with Crippen molar-refractivity contribution in [3.63, 3.8) is 0 Å². The molecule has 0 fully saturated rings. The Morgan fingerprint density at radius 2 is 1.85 bits per heavy atom. The van der Waals surface area contributed by atoms with E-state index in [2.05, 4.69) is 14.7 Å². The van der Waals surface area contributed by atoms with Gasteiger partial charge in [-0.3, -0.25) is 0 Å². The summed E-state index contributed by atoms with van der Waals surface area (Å²) in [6.07, 6.45) is -4.37. The molecule has 0 amide bonds. The first kappa shape index (κ1) is 18.6. The van der Waals surface area contributed by atoms with Gasteiger partial charge < -0.3 is 19.2 Å². The van der Waals surface area contributed by atoms with Crippen LogP contribution in [0.1, 0.15) is 21.7 Å². The maximum Gasteiger partial charge on any atom is 0.573 e. The number of imidazole rings is 1. The first-order valence-corrected chi connectivity index (χ1v) is 7.78. The van der Waals surface area contributed by atoms with Gasteiger partial charge in [-0.1, -0.05) is 12.1 Å². The zero-order valence-corrected chi connectivity index (χ0v) is 14.4. The number of ether oxygens (including phenoxy) is 3. The number of fused-ring (bicyclic) bond motifs is 1. The molecule has 1 N–H and O–H groups in total. The molecule has 0 spiro atoms. The summed E-state index contributed by atoms with van der Waals surface area (Å²) in [7, 11) is 2.71. The van der Waals surface area contributed by atoms with E-state index in [1.165, 1.54) is 38.5 Å². The van der Waals surface area contributed by atoms with Crippen LogP contribution < -0.4 is 9.47 Å². The van der Waals surface area contributed by atoms with E-state index < -0.39 is 12.3 Å². The summed E-state index contributed by atoms with van der Waals surface area (Å²) >= 11 is 0. The van der Waals surface area contributed by atoms with Crippen molar-refractivity contribution in [2.24, 2.45) is 0 Å². The summed E-state index contributed by atoms with van der Waals surface area (Å²) in [6.45, 7) is 0. The third-order valence-corrected chi connectivity index (χ3v) is 3.79. The minimum Gasteiger partial charge on any atom is -0.496 e. The monoisotopic (exact) mass is 380 g/mol. The molecule has 2 aromatic carbocycles. The molecule has 0 saturated heterocycles. The highest BCUT2D eigenvalue weighted by atomic mass is 19.4. The van der Waals surface area contributed by atoms with Crippen molar-refractivity contribution in [2.45, 2.75) is 12.8 Å². The third kappa shape index (κ3) is 4.30. The van der Waals surface area contributed by atoms with Crippen LogP contribution in [-0.2, 0) is 11.2 Å². The molecule has 0 aliphatic rings. The van der Waals surface area contributed by atoms with Gasteiger partial charge in [-0.05, 0) is 23.8 Å². The molecule has 0 aliphatic carbocycles. The van der Waals surface area contributed by atoms with Gasteiger partial charge in [0.05, 0.1) is 25.3 Å². The lowest BCUT2D eigenvalue weighted by atomic mass is 10.1. The number of alkyl halides is 3. The number of nitrogens with zero attached hydrogens (tertiary/aromatic N) is 1. The standard InChI is InChI=1S/C18H15F3N2O4/c1-25-15-9-14-13(8-12(15)17(24)26-2)22-16(23-14)7-10-3-5-11(6-4-10)27-18(19,20)21/h3-6,8-9H,7H2,1-2H3,(H,22,23). The summed E-state index contributed by atoms with van der Waals surface area (Å²) in [5.74, 6) is 0.0908. The maximum absolute atomic E-state index is 12.2. The summed E-state index contributed by atoms with van der Waals surface area (Å²) in [5.41, 5.74) is 2.20. The highest BCUT2D eigenvalue weighted by molar-refractivity contribution is 5.97. The number of carbonyl (C=O) groups excluding carboxylic acids is 1. The molecular formula is C18H15F3N2O4. The topological polar surface area (TPSA) is 73.4 Å². The second-order valence-corrected chi connectivity index (χ2v) is 5.61. The smallest absolute Gasteiger partial charge is 0.496 e. The molecule has 6 nitrogen and oxygen atoms in total. The van der Waals surface area contributed by atoms with E-state index in [4.69, 9.17) is 9.47 Å². The van der Waals surface area contributed by atoms with Crippen molar-refractivity contribution in [2.75, 3.05) is 14.2 Å². The lowest BCUT2D eigenvalue weighted by Crippen LogP contribution is -2.17. The maximum atomic E-state index is 12.2. The fourth-order valence-electron chi connectivity index (χ4n) is 2.61. The van der Waals surface area contributed by atoms with Gasteiger partial charge in [-0.2, -0.15) is 0 Å². The van der Waals surface area contributed by atoms with Crippen molar-refractivity contribution in [1.29, 1.82) is 0 Å². The number of aromatic amines is 1. The third-order valence-electron chi connectivity index (χ3n) is 3.79. The van der Waals surface area contributed by atoms with Crippen LogP contribution in [0.15, 0.2) is 36.4 Å². The predicted octanol–water partition coefficient (Wildman–Crippen LogP) is 3.85. The number of esters is 1. The van der Waals surface area contributed by atoms with E-state index in [1.807, 2.05) is 0 Å². The first-order valence-electron chi connectivity index (χ1n) is 7.78. The predicted molar refractivity (Wildman–Crippen MR) is 89.9 cm³/mol. The van der Waals surface area contributed by atoms with Crippen LogP contribution in [0, 0.1) is 0 Å². The van der Waals surface area contributed by atoms with E-state index >= 15 is 0 Å². The highest BCUT2D eigenvalue weighted by Gasteiger charge is 2.30. The number of hydrogen-bond acceptors (Lipinski definition) is 5. The zero-order chi connectivity index (χ0) is 19.6. The van der Waals surface area contributed by atoms with Crippen molar-refractivity contribution in [3.8, 4) is 11.5 Å². The molecule has 3 rings (SSSR count). The molecule has 0 saturated carbocycles. The fraction of sp³-hybridized carbons (Fsp3) is 0.222. The Morgan fingerprint density at radius 1 is 1.15 bits per heavy atom. The average Bonchev–Trinajstić information content (AvgIpc) is 3.01. The van der Waals surface area contributed by atoms with Gasteiger partial charge in [-0.15, -0.1) is 13.2 Å². The van der Waals surface area contributed by atoms with E-state index in [0.717, 1.165) is 5.56 Å². The molecule has 1 heterocycles. The normalized spacial score (nSPS) is 11.4. The first-order chi connectivity index (χ1) is 12.8. The van der Waals surface area contributed by atoms with Gasteiger partial charge in [0.1, 0.15) is 22.9 Å². The molecular weight excluding hydrogens is 365 g/mol. The van der Waals surface area contributed by atoms with E-state index in [0.29, 0.717) is 29.0 Å². The summed E-state index contributed by atoms with van der Waals surface area (Å²) < 4.78 is 50.4. The molecule has 9 heteroatoms. The lowest BCUT2D eigenvalue weighted by Gasteiger charge is -2.08. The Kier molecular flexibility index (Phi) is 4.93. The molecule has 3 aromatic rings. The largest absolute Gasteiger partial charge is 0.573 e. The Hall–Kier alpha value is -3.23. The van der Waals surface area contributed by atoms with E-state index in [9.17, 15) is 18.0 Å². The van der Waals surface area contributed by atoms with Gasteiger partial charge in [0.25, 0.3) is 0 Å². The van der Waals surface area contributed by atoms with Crippen LogP contribution >= 0.6 is 0 Å². The Labute approximate surface area is 151 Å². The zero-order valence-electron chi connectivity index (χ0n) is 14.4. The molecule has 0 bridgehead atoms. The van der Waals surface area contributed by atoms with Gasteiger partial charge in [0.2, 0.25) is 0 Å². The number of hydrogen-bond donors (Lipinski definition) is 1. The Morgan fingerprint density at radius 3 is 2.44 bits per heavy atom. The molecule has 142 valence electrons. The lowest BCUT2D eigenvalue weighted by molar-refractivity contribution is -0.274. The number of nitrogens with one attached hydrogen (secondary N) is 1. The number of methoxy groups -OCH3 is 2. The molecule has 0 aliphatic heterocycles. The van der Waals surface area contributed by atoms with Crippen LogP contribution in [0.3, 0.4) is 0 Å². The number of H-pyrrole nitrogens is 1. The summed E-state index contributed by atoms with van der Waals surface area (Å²) in [5, 5.41) is 0. The quantitative estimate of drug-likeness (QED) is 0.681. The van der Waals surface area contributed by atoms with E-state index in [1.54, 1.807) is 12.1 Å². The van der Waals surface area contributed by atoms with Crippen LogP contribution in [0.25, 0.3) is 11.0 Å². The second kappa shape index (κ2) is 7.18. The van der Waals surface area contributed by atoms with E-state index in [-0.39, 0.29) is 11.3 Å². The summed E-state index contributed by atoms with van der Waals surface area (Å²) in [6, 6.07) is 8.72. The summed E-state index contributed by atoms with van der Waals surface area (Å²) in [4.78, 5) is 19.3. The Balaban J connectivity index is 1.84. The van der Waals surface area contributed by atoms with Gasteiger partial charge >= 0.3 is 12.3 Å². The minimum atomic E-state index is -4.73. The van der Waals surface area contributed by atoms with Crippen LogP contribution in [0.2, 0.25) is 0 Å². The Bertz CT molecular complexity index is 965. The number of aromatic nitrogens is 2. The molecule has 0 unspecified atom stereocenters. The number of rotatable bonds is 5.